The van der Waals surface area contributed by atoms with Gasteiger partial charge in [0, 0.05) is 24.9 Å². The highest BCUT2D eigenvalue weighted by Gasteiger charge is 2.12. The number of methoxy groups -OCH3 is 2. The molecule has 0 atom stereocenters. The van der Waals surface area contributed by atoms with Crippen molar-refractivity contribution in [3.63, 3.8) is 0 Å². The van der Waals surface area contributed by atoms with Crippen LogP contribution < -0.4 is 4.74 Å². The van der Waals surface area contributed by atoms with E-state index < -0.39 is 9.05 Å². The Morgan fingerprint density at radius 2 is 1.61 bits per heavy atom. The van der Waals surface area contributed by atoms with Crippen molar-refractivity contribution in [3.8, 4) is 5.75 Å². The first kappa shape index (κ1) is 15.2. The molecule has 0 fully saturated rings. The highest BCUT2D eigenvalue weighted by molar-refractivity contribution is 8.13. The van der Waals surface area contributed by atoms with Gasteiger partial charge in [-0.3, -0.25) is 0 Å². The molecule has 0 N–H and O–H groups in total. The molecular formula is C11H15ClO5S. The Morgan fingerprint density at radius 1 is 1.11 bits per heavy atom. The van der Waals surface area contributed by atoms with E-state index in [1.165, 1.54) is 24.3 Å². The Kier molecular flexibility index (Phi) is 5.87. The fourth-order valence-electron chi connectivity index (χ4n) is 1.36. The smallest absolute Gasteiger partial charge is 0.261 e. The molecule has 1 rings (SSSR count). The van der Waals surface area contributed by atoms with Gasteiger partial charge < -0.3 is 14.2 Å². The van der Waals surface area contributed by atoms with Crippen LogP contribution in [0.4, 0.5) is 0 Å². The fraction of sp³-hybridized carbons (Fsp3) is 0.455. The minimum absolute atomic E-state index is 0.0338. The van der Waals surface area contributed by atoms with Crippen LogP contribution in [0.1, 0.15) is 0 Å². The lowest BCUT2D eigenvalue weighted by molar-refractivity contribution is 0.0245. The van der Waals surface area contributed by atoms with Crippen LogP contribution in [0.3, 0.4) is 0 Å². The van der Waals surface area contributed by atoms with E-state index in [1.807, 2.05) is 0 Å². The van der Waals surface area contributed by atoms with Crippen LogP contribution in [-0.2, 0) is 18.5 Å². The van der Waals surface area contributed by atoms with Crippen molar-refractivity contribution in [2.75, 3.05) is 27.4 Å². The van der Waals surface area contributed by atoms with E-state index >= 15 is 0 Å². The zero-order valence-electron chi connectivity index (χ0n) is 10.1. The summed E-state index contributed by atoms with van der Waals surface area (Å²) in [5.74, 6) is 0.526. The van der Waals surface area contributed by atoms with E-state index in [0.29, 0.717) is 19.0 Å². The Bertz CT molecular complexity index is 451. The van der Waals surface area contributed by atoms with E-state index in [-0.39, 0.29) is 11.0 Å². The molecule has 102 valence electrons. The van der Waals surface area contributed by atoms with Gasteiger partial charge in [0.15, 0.2) is 0 Å². The van der Waals surface area contributed by atoms with Crippen molar-refractivity contribution in [1.29, 1.82) is 0 Å². The first-order chi connectivity index (χ1) is 8.47. The van der Waals surface area contributed by atoms with Gasteiger partial charge in [0.1, 0.15) is 11.9 Å². The summed E-state index contributed by atoms with van der Waals surface area (Å²) in [5.41, 5.74) is 0. The summed E-state index contributed by atoms with van der Waals surface area (Å²) in [6.07, 6.45) is -0.251. The number of ether oxygens (including phenoxy) is 3. The summed E-state index contributed by atoms with van der Waals surface area (Å²) in [6, 6.07) is 5.84. The zero-order chi connectivity index (χ0) is 13.6. The van der Waals surface area contributed by atoms with Gasteiger partial charge >= 0.3 is 0 Å². The van der Waals surface area contributed by atoms with Gasteiger partial charge in [-0.1, -0.05) is 0 Å². The molecular weight excluding hydrogens is 280 g/mol. The SMILES string of the molecule is COCC(COC)Oc1ccc(S(=O)(=O)Cl)cc1. The molecule has 7 heteroatoms. The van der Waals surface area contributed by atoms with Crippen LogP contribution in [-0.4, -0.2) is 42.0 Å². The summed E-state index contributed by atoms with van der Waals surface area (Å²) in [6.45, 7) is 0.757. The van der Waals surface area contributed by atoms with Crippen LogP contribution in [0.5, 0.6) is 5.75 Å². The van der Waals surface area contributed by atoms with Gasteiger partial charge in [0.25, 0.3) is 9.05 Å². The van der Waals surface area contributed by atoms with Crippen LogP contribution in [0.2, 0.25) is 0 Å². The van der Waals surface area contributed by atoms with Crippen LogP contribution in [0.15, 0.2) is 29.2 Å². The van der Waals surface area contributed by atoms with Crippen molar-refractivity contribution in [1.82, 2.24) is 0 Å². The topological polar surface area (TPSA) is 61.8 Å². The summed E-state index contributed by atoms with van der Waals surface area (Å²) in [4.78, 5) is 0.0338. The number of hydrogen-bond donors (Lipinski definition) is 0. The van der Waals surface area contributed by atoms with Crippen molar-refractivity contribution in [2.24, 2.45) is 0 Å². The largest absolute Gasteiger partial charge is 0.486 e. The van der Waals surface area contributed by atoms with Gasteiger partial charge in [-0.15, -0.1) is 0 Å². The number of benzene rings is 1. The average Bonchev–Trinajstić information content (AvgIpc) is 2.29. The van der Waals surface area contributed by atoms with Gasteiger partial charge in [-0.25, -0.2) is 8.42 Å². The Labute approximate surface area is 111 Å². The molecule has 1 aromatic rings. The molecule has 0 radical (unpaired) electrons. The molecule has 0 amide bonds. The predicted molar refractivity (Wildman–Crippen MR) is 67.6 cm³/mol. The van der Waals surface area contributed by atoms with Gasteiger partial charge in [0.2, 0.25) is 0 Å². The van der Waals surface area contributed by atoms with Gasteiger partial charge in [-0.2, -0.15) is 0 Å². The standard InChI is InChI=1S/C11H15ClO5S/c1-15-7-10(8-16-2)17-9-3-5-11(6-4-9)18(12,13)14/h3-6,10H,7-8H2,1-2H3. The van der Waals surface area contributed by atoms with Crippen LogP contribution >= 0.6 is 10.7 Å². The Balaban J connectivity index is 2.73. The fourth-order valence-corrected chi connectivity index (χ4v) is 2.13. The molecule has 5 nitrogen and oxygen atoms in total. The molecule has 0 unspecified atom stereocenters. The molecule has 0 saturated carbocycles. The Hall–Kier alpha value is -0.820. The molecule has 18 heavy (non-hydrogen) atoms. The summed E-state index contributed by atoms with van der Waals surface area (Å²) in [7, 11) is 4.64. The maximum Gasteiger partial charge on any atom is 0.261 e. The second-order valence-corrected chi connectivity index (χ2v) is 6.13. The second-order valence-electron chi connectivity index (χ2n) is 3.56. The Morgan fingerprint density at radius 3 is 2.00 bits per heavy atom. The molecule has 0 aromatic heterocycles. The normalized spacial score (nSPS) is 11.8. The minimum Gasteiger partial charge on any atom is -0.486 e. The molecule has 0 heterocycles. The average molecular weight is 295 g/mol. The molecule has 1 aromatic carbocycles. The van der Waals surface area contributed by atoms with Gasteiger partial charge in [0.05, 0.1) is 18.1 Å². The molecule has 0 saturated heterocycles. The molecule has 0 aliphatic carbocycles. The van der Waals surface area contributed by atoms with E-state index in [1.54, 1.807) is 14.2 Å². The van der Waals surface area contributed by atoms with E-state index in [0.717, 1.165) is 0 Å². The highest BCUT2D eigenvalue weighted by atomic mass is 35.7. The lowest BCUT2D eigenvalue weighted by atomic mass is 10.3. The van der Waals surface area contributed by atoms with Crippen molar-refractivity contribution >= 4 is 19.7 Å². The molecule has 0 aliphatic heterocycles. The van der Waals surface area contributed by atoms with E-state index in [9.17, 15) is 8.42 Å². The number of hydrogen-bond acceptors (Lipinski definition) is 5. The van der Waals surface area contributed by atoms with Gasteiger partial charge in [-0.05, 0) is 24.3 Å². The quantitative estimate of drug-likeness (QED) is 0.716. The maximum atomic E-state index is 11.1. The summed E-state index contributed by atoms with van der Waals surface area (Å²) >= 11 is 0. The third-order valence-electron chi connectivity index (χ3n) is 2.11. The highest BCUT2D eigenvalue weighted by Crippen LogP contribution is 2.19. The van der Waals surface area contributed by atoms with Crippen molar-refractivity contribution in [2.45, 2.75) is 11.0 Å². The summed E-state index contributed by atoms with van der Waals surface area (Å²) < 4.78 is 37.7. The van der Waals surface area contributed by atoms with Crippen molar-refractivity contribution < 1.29 is 22.6 Å². The summed E-state index contributed by atoms with van der Waals surface area (Å²) in [5, 5.41) is 0. The predicted octanol–water partition coefficient (Wildman–Crippen LogP) is 1.65. The van der Waals surface area contributed by atoms with Crippen molar-refractivity contribution in [3.05, 3.63) is 24.3 Å². The number of rotatable bonds is 7. The third kappa shape index (κ3) is 4.81. The molecule has 0 aliphatic rings. The lowest BCUT2D eigenvalue weighted by Gasteiger charge is -2.17. The minimum atomic E-state index is -3.70. The van der Waals surface area contributed by atoms with Crippen LogP contribution in [0, 0.1) is 0 Å². The lowest BCUT2D eigenvalue weighted by Crippen LogP contribution is -2.27. The molecule has 0 bridgehead atoms. The monoisotopic (exact) mass is 294 g/mol. The molecule has 0 spiro atoms. The number of halogens is 1. The van der Waals surface area contributed by atoms with E-state index in [4.69, 9.17) is 24.9 Å². The third-order valence-corrected chi connectivity index (χ3v) is 3.48. The first-order valence-electron chi connectivity index (χ1n) is 5.16. The zero-order valence-corrected chi connectivity index (χ0v) is 11.7. The second kappa shape index (κ2) is 6.94. The van der Waals surface area contributed by atoms with Crippen LogP contribution in [0.25, 0.3) is 0 Å². The maximum absolute atomic E-state index is 11.1. The van der Waals surface area contributed by atoms with E-state index in [2.05, 4.69) is 0 Å². The first-order valence-corrected chi connectivity index (χ1v) is 7.47.